The van der Waals surface area contributed by atoms with Crippen LogP contribution in [-0.4, -0.2) is 26.1 Å². The highest BCUT2D eigenvalue weighted by atomic mass is 16.5. The molecule has 0 radical (unpaired) electrons. The average molecular weight is 290 g/mol. The van der Waals surface area contributed by atoms with Gasteiger partial charge in [0.2, 0.25) is 5.91 Å². The minimum Gasteiger partial charge on any atom is -0.495 e. The topological polar surface area (TPSA) is 50.4 Å². The number of amides is 1. The molecule has 0 bridgehead atoms. The molecular weight excluding hydrogens is 264 g/mol. The SMILES string of the molecule is COc1ccccc1NC(=O)CNCC1CCC(C)CC1. The van der Waals surface area contributed by atoms with E-state index in [1.807, 2.05) is 24.3 Å². The summed E-state index contributed by atoms with van der Waals surface area (Å²) in [7, 11) is 1.60. The molecule has 0 saturated heterocycles. The van der Waals surface area contributed by atoms with Crippen LogP contribution in [0.4, 0.5) is 5.69 Å². The molecule has 0 aromatic heterocycles. The molecule has 1 saturated carbocycles. The summed E-state index contributed by atoms with van der Waals surface area (Å²) in [5, 5.41) is 6.15. The minimum atomic E-state index is -0.0244. The van der Waals surface area contributed by atoms with Gasteiger partial charge >= 0.3 is 0 Å². The Balaban J connectivity index is 1.70. The predicted molar refractivity (Wildman–Crippen MR) is 85.6 cm³/mol. The minimum absolute atomic E-state index is 0.0244. The number of rotatable bonds is 6. The molecule has 0 aliphatic heterocycles. The maximum atomic E-state index is 11.9. The first kappa shape index (κ1) is 15.8. The Bertz CT molecular complexity index is 454. The lowest BCUT2D eigenvalue weighted by atomic mass is 9.83. The van der Waals surface area contributed by atoms with Crippen molar-refractivity contribution in [2.75, 3.05) is 25.5 Å². The van der Waals surface area contributed by atoms with Gasteiger partial charge in [-0.15, -0.1) is 0 Å². The molecular formula is C17H26N2O2. The van der Waals surface area contributed by atoms with Gasteiger partial charge in [-0.3, -0.25) is 4.79 Å². The summed E-state index contributed by atoms with van der Waals surface area (Å²) in [4.78, 5) is 11.9. The van der Waals surface area contributed by atoms with E-state index in [4.69, 9.17) is 4.74 Å². The molecule has 4 heteroatoms. The lowest BCUT2D eigenvalue weighted by molar-refractivity contribution is -0.115. The maximum absolute atomic E-state index is 11.9. The first-order chi connectivity index (χ1) is 10.2. The van der Waals surface area contributed by atoms with Crippen LogP contribution in [0, 0.1) is 11.8 Å². The van der Waals surface area contributed by atoms with Gasteiger partial charge in [-0.25, -0.2) is 0 Å². The monoisotopic (exact) mass is 290 g/mol. The summed E-state index contributed by atoms with van der Waals surface area (Å²) in [6, 6.07) is 7.46. The first-order valence-corrected chi connectivity index (χ1v) is 7.82. The van der Waals surface area contributed by atoms with Crippen molar-refractivity contribution < 1.29 is 9.53 Å². The van der Waals surface area contributed by atoms with Crippen molar-refractivity contribution in [1.29, 1.82) is 0 Å². The highest BCUT2D eigenvalue weighted by Gasteiger charge is 2.18. The third-order valence-electron chi connectivity index (χ3n) is 4.24. The number of carbonyl (C=O) groups is 1. The van der Waals surface area contributed by atoms with Crippen molar-refractivity contribution in [2.45, 2.75) is 32.6 Å². The Hall–Kier alpha value is -1.55. The molecule has 1 aliphatic carbocycles. The molecule has 2 N–H and O–H groups in total. The van der Waals surface area contributed by atoms with E-state index in [2.05, 4.69) is 17.6 Å². The maximum Gasteiger partial charge on any atom is 0.238 e. The fourth-order valence-electron chi connectivity index (χ4n) is 2.87. The van der Waals surface area contributed by atoms with Crippen LogP contribution in [0.25, 0.3) is 0 Å². The van der Waals surface area contributed by atoms with Gasteiger partial charge in [0.05, 0.1) is 19.3 Å². The molecule has 116 valence electrons. The van der Waals surface area contributed by atoms with Crippen LogP contribution in [0.3, 0.4) is 0 Å². The van der Waals surface area contributed by atoms with Crippen LogP contribution < -0.4 is 15.4 Å². The van der Waals surface area contributed by atoms with Crippen LogP contribution in [-0.2, 0) is 4.79 Å². The quantitative estimate of drug-likeness (QED) is 0.846. The summed E-state index contributed by atoms with van der Waals surface area (Å²) < 4.78 is 5.22. The fourth-order valence-corrected chi connectivity index (χ4v) is 2.87. The van der Waals surface area contributed by atoms with Crippen LogP contribution in [0.2, 0.25) is 0 Å². The second kappa shape index (κ2) is 8.03. The summed E-state index contributed by atoms with van der Waals surface area (Å²) in [5.41, 5.74) is 0.721. The smallest absolute Gasteiger partial charge is 0.238 e. The van der Waals surface area contributed by atoms with Gasteiger partial charge in [0.15, 0.2) is 0 Å². The van der Waals surface area contributed by atoms with Crippen LogP contribution >= 0.6 is 0 Å². The van der Waals surface area contributed by atoms with Gasteiger partial charge in [0.1, 0.15) is 5.75 Å². The number of benzene rings is 1. The molecule has 1 aliphatic rings. The summed E-state index contributed by atoms with van der Waals surface area (Å²) in [6.07, 6.45) is 5.20. The normalized spacial score (nSPS) is 21.8. The van der Waals surface area contributed by atoms with Gasteiger partial charge in [-0.2, -0.15) is 0 Å². The Morgan fingerprint density at radius 1 is 1.24 bits per heavy atom. The van der Waals surface area contributed by atoms with E-state index < -0.39 is 0 Å². The zero-order valence-corrected chi connectivity index (χ0v) is 13.0. The summed E-state index contributed by atoms with van der Waals surface area (Å²) in [6.45, 7) is 3.61. The van der Waals surface area contributed by atoms with Gasteiger partial charge in [0, 0.05) is 0 Å². The van der Waals surface area contributed by atoms with Gasteiger partial charge in [-0.05, 0) is 43.4 Å². The lowest BCUT2D eigenvalue weighted by Gasteiger charge is -2.26. The number of nitrogens with one attached hydrogen (secondary N) is 2. The Labute approximate surface area is 127 Å². The second-order valence-electron chi connectivity index (χ2n) is 6.01. The highest BCUT2D eigenvalue weighted by Crippen LogP contribution is 2.27. The van der Waals surface area contributed by atoms with E-state index in [9.17, 15) is 4.79 Å². The van der Waals surface area contributed by atoms with Crippen molar-refractivity contribution in [1.82, 2.24) is 5.32 Å². The Morgan fingerprint density at radius 2 is 1.95 bits per heavy atom. The fraction of sp³-hybridized carbons (Fsp3) is 0.588. The Morgan fingerprint density at radius 3 is 2.67 bits per heavy atom. The number of ether oxygens (including phenoxy) is 1. The molecule has 1 aromatic carbocycles. The van der Waals surface area contributed by atoms with E-state index in [-0.39, 0.29) is 5.91 Å². The molecule has 0 atom stereocenters. The number of para-hydroxylation sites is 2. The van der Waals surface area contributed by atoms with Crippen molar-refractivity contribution in [3.8, 4) is 5.75 Å². The first-order valence-electron chi connectivity index (χ1n) is 7.82. The molecule has 0 heterocycles. The molecule has 4 nitrogen and oxygen atoms in total. The molecule has 1 amide bonds. The van der Waals surface area contributed by atoms with Crippen molar-refractivity contribution in [3.63, 3.8) is 0 Å². The number of hydrogen-bond acceptors (Lipinski definition) is 3. The third kappa shape index (κ3) is 5.05. The number of methoxy groups -OCH3 is 1. The number of hydrogen-bond donors (Lipinski definition) is 2. The van der Waals surface area contributed by atoms with E-state index in [1.165, 1.54) is 25.7 Å². The predicted octanol–water partition coefficient (Wildman–Crippen LogP) is 3.05. The highest BCUT2D eigenvalue weighted by molar-refractivity contribution is 5.93. The summed E-state index contributed by atoms with van der Waals surface area (Å²) in [5.74, 6) is 2.26. The largest absolute Gasteiger partial charge is 0.495 e. The second-order valence-corrected chi connectivity index (χ2v) is 6.01. The molecule has 1 aromatic rings. The van der Waals surface area contributed by atoms with Crippen molar-refractivity contribution in [3.05, 3.63) is 24.3 Å². The van der Waals surface area contributed by atoms with E-state index in [1.54, 1.807) is 7.11 Å². The molecule has 0 spiro atoms. The third-order valence-corrected chi connectivity index (χ3v) is 4.24. The van der Waals surface area contributed by atoms with E-state index in [0.29, 0.717) is 12.3 Å². The number of carbonyl (C=O) groups excluding carboxylic acids is 1. The zero-order valence-electron chi connectivity index (χ0n) is 13.0. The van der Waals surface area contributed by atoms with E-state index in [0.717, 1.165) is 24.1 Å². The molecule has 1 fully saturated rings. The standard InChI is InChI=1S/C17H26N2O2/c1-13-7-9-14(10-8-13)11-18-12-17(20)19-15-5-3-4-6-16(15)21-2/h3-6,13-14,18H,7-12H2,1-2H3,(H,19,20). The van der Waals surface area contributed by atoms with Gasteiger partial charge in [-0.1, -0.05) is 31.9 Å². The zero-order chi connectivity index (χ0) is 15.1. The lowest BCUT2D eigenvalue weighted by Crippen LogP contribution is -2.33. The van der Waals surface area contributed by atoms with Crippen LogP contribution in [0.15, 0.2) is 24.3 Å². The number of anilines is 1. The van der Waals surface area contributed by atoms with Gasteiger partial charge in [0.25, 0.3) is 0 Å². The summed E-state index contributed by atoms with van der Waals surface area (Å²) >= 11 is 0. The molecule has 2 rings (SSSR count). The Kier molecular flexibility index (Phi) is 6.05. The van der Waals surface area contributed by atoms with Crippen LogP contribution in [0.5, 0.6) is 5.75 Å². The van der Waals surface area contributed by atoms with Gasteiger partial charge < -0.3 is 15.4 Å². The van der Waals surface area contributed by atoms with Crippen molar-refractivity contribution >= 4 is 11.6 Å². The van der Waals surface area contributed by atoms with E-state index >= 15 is 0 Å². The van der Waals surface area contributed by atoms with Crippen molar-refractivity contribution in [2.24, 2.45) is 11.8 Å². The molecule has 21 heavy (non-hydrogen) atoms. The molecule has 0 unspecified atom stereocenters. The average Bonchev–Trinajstić information content (AvgIpc) is 2.50. The van der Waals surface area contributed by atoms with Crippen LogP contribution in [0.1, 0.15) is 32.6 Å².